The first-order chi connectivity index (χ1) is 15.4. The van der Waals surface area contributed by atoms with Gasteiger partial charge >= 0.3 is 0 Å². The summed E-state index contributed by atoms with van der Waals surface area (Å²) in [5, 5.41) is 10.6. The van der Waals surface area contributed by atoms with Crippen molar-refractivity contribution < 1.29 is 0 Å². The largest absolute Gasteiger partial charge is 0.272 e. The summed E-state index contributed by atoms with van der Waals surface area (Å²) in [5.41, 5.74) is 2.64. The fraction of sp³-hybridized carbons (Fsp3) is 0.400. The van der Waals surface area contributed by atoms with Crippen molar-refractivity contribution >= 4 is 39.1 Å². The predicted octanol–water partition coefficient (Wildman–Crippen LogP) is 5.58. The molecule has 166 valence electrons. The SMILES string of the molecule is C=CCSc1nnc2n(Cc3ccccc3)c(=O)c3c4c(sc3n12)C[C@@H](C(C)(C)C)CC4. The molecule has 1 atom stereocenters. The second-order valence-electron chi connectivity index (χ2n) is 9.58. The van der Waals surface area contributed by atoms with Gasteiger partial charge < -0.3 is 0 Å². The van der Waals surface area contributed by atoms with Crippen LogP contribution >= 0.6 is 23.1 Å². The van der Waals surface area contributed by atoms with Gasteiger partial charge in [-0.15, -0.1) is 28.1 Å². The number of rotatable bonds is 5. The molecular formula is C25H28N4OS2. The Hall–Kier alpha value is -2.38. The lowest BCUT2D eigenvalue weighted by molar-refractivity contribution is 0.218. The first-order valence-corrected chi connectivity index (χ1v) is 12.9. The lowest BCUT2D eigenvalue weighted by atomic mass is 9.72. The number of hydrogen-bond acceptors (Lipinski definition) is 5. The van der Waals surface area contributed by atoms with E-state index in [9.17, 15) is 4.79 Å². The number of thiophene rings is 1. The predicted molar refractivity (Wildman–Crippen MR) is 134 cm³/mol. The lowest BCUT2D eigenvalue weighted by Gasteiger charge is -2.33. The van der Waals surface area contributed by atoms with E-state index in [1.807, 2.05) is 36.4 Å². The molecule has 3 aromatic heterocycles. The summed E-state index contributed by atoms with van der Waals surface area (Å²) in [4.78, 5) is 16.2. The maximum Gasteiger partial charge on any atom is 0.264 e. The van der Waals surface area contributed by atoms with Crippen molar-refractivity contribution in [2.75, 3.05) is 5.75 Å². The van der Waals surface area contributed by atoms with Crippen LogP contribution in [0, 0.1) is 11.3 Å². The third kappa shape index (κ3) is 3.61. The van der Waals surface area contributed by atoms with Crippen LogP contribution in [0.15, 0.2) is 52.9 Å². The highest BCUT2D eigenvalue weighted by Gasteiger charge is 2.32. The molecule has 1 aliphatic carbocycles. The molecule has 5 rings (SSSR count). The fourth-order valence-corrected chi connectivity index (χ4v) is 6.81. The molecule has 0 N–H and O–H groups in total. The highest BCUT2D eigenvalue weighted by atomic mass is 32.2. The highest BCUT2D eigenvalue weighted by molar-refractivity contribution is 7.99. The number of thioether (sulfide) groups is 1. The van der Waals surface area contributed by atoms with E-state index in [1.165, 1.54) is 10.4 Å². The van der Waals surface area contributed by atoms with Gasteiger partial charge in [0.15, 0.2) is 5.16 Å². The van der Waals surface area contributed by atoms with E-state index in [0.29, 0.717) is 18.2 Å². The normalized spacial score (nSPS) is 16.5. The van der Waals surface area contributed by atoms with E-state index in [2.05, 4.69) is 41.9 Å². The number of fused-ring (bicyclic) bond motifs is 5. The molecule has 1 aliphatic rings. The molecule has 0 saturated carbocycles. The number of aromatic nitrogens is 4. The van der Waals surface area contributed by atoms with E-state index in [4.69, 9.17) is 0 Å². The zero-order valence-electron chi connectivity index (χ0n) is 18.8. The molecule has 1 aromatic carbocycles. The number of hydrogen-bond donors (Lipinski definition) is 0. The van der Waals surface area contributed by atoms with Crippen molar-refractivity contribution in [1.29, 1.82) is 0 Å². The van der Waals surface area contributed by atoms with Gasteiger partial charge in [0.25, 0.3) is 5.56 Å². The molecule has 0 spiro atoms. The molecular weight excluding hydrogens is 436 g/mol. The van der Waals surface area contributed by atoms with E-state index < -0.39 is 0 Å². The molecule has 0 aliphatic heterocycles. The molecule has 0 saturated heterocycles. The van der Waals surface area contributed by atoms with Gasteiger partial charge in [-0.05, 0) is 41.7 Å². The van der Waals surface area contributed by atoms with Crippen LogP contribution in [0.3, 0.4) is 0 Å². The van der Waals surface area contributed by atoms with Crippen LogP contribution in [0.1, 0.15) is 43.2 Å². The molecule has 5 nitrogen and oxygen atoms in total. The summed E-state index contributed by atoms with van der Waals surface area (Å²) in [7, 11) is 0. The average Bonchev–Trinajstić information content (AvgIpc) is 3.36. The van der Waals surface area contributed by atoms with Gasteiger partial charge in [0, 0.05) is 10.6 Å². The molecule has 0 bridgehead atoms. The monoisotopic (exact) mass is 464 g/mol. The highest BCUT2D eigenvalue weighted by Crippen LogP contribution is 2.43. The molecule has 32 heavy (non-hydrogen) atoms. The molecule has 0 unspecified atom stereocenters. The number of nitrogens with zero attached hydrogens (tertiary/aromatic N) is 4. The van der Waals surface area contributed by atoms with Gasteiger partial charge in [0.2, 0.25) is 5.78 Å². The average molecular weight is 465 g/mol. The third-order valence-corrected chi connectivity index (χ3v) is 8.67. The van der Waals surface area contributed by atoms with Gasteiger partial charge in [-0.1, -0.05) is 68.9 Å². The second-order valence-corrected chi connectivity index (χ2v) is 11.7. The van der Waals surface area contributed by atoms with Crippen LogP contribution in [-0.4, -0.2) is 24.9 Å². The number of benzene rings is 1. The summed E-state index contributed by atoms with van der Waals surface area (Å²) in [6, 6.07) is 10.1. The van der Waals surface area contributed by atoms with Crippen molar-refractivity contribution in [3.05, 3.63) is 69.3 Å². The topological polar surface area (TPSA) is 52.2 Å². The van der Waals surface area contributed by atoms with E-state index >= 15 is 0 Å². The molecule has 0 amide bonds. The second kappa shape index (κ2) is 8.19. The zero-order chi connectivity index (χ0) is 22.5. The van der Waals surface area contributed by atoms with E-state index in [0.717, 1.165) is 46.0 Å². The summed E-state index contributed by atoms with van der Waals surface area (Å²) >= 11 is 3.37. The Morgan fingerprint density at radius 1 is 1.25 bits per heavy atom. The fourth-order valence-electron chi connectivity index (χ4n) is 4.66. The van der Waals surface area contributed by atoms with Gasteiger partial charge in [0.05, 0.1) is 11.9 Å². The van der Waals surface area contributed by atoms with Crippen LogP contribution in [0.2, 0.25) is 0 Å². The summed E-state index contributed by atoms with van der Waals surface area (Å²) in [6.45, 7) is 11.3. The summed E-state index contributed by atoms with van der Waals surface area (Å²) in [6.07, 6.45) is 4.99. The standard InChI is InChI=1S/C25H28N4OS2/c1-5-13-31-24-27-26-23-28(15-16-9-7-6-8-10-16)21(30)20-18-12-11-17(25(2,3)4)14-19(18)32-22(20)29(23)24/h5-10,17H,1,11-15H2,2-4H3/t17-/m0/s1. The van der Waals surface area contributed by atoms with Crippen LogP contribution in [0.5, 0.6) is 0 Å². The van der Waals surface area contributed by atoms with E-state index in [1.54, 1.807) is 27.7 Å². The molecule has 3 heterocycles. The summed E-state index contributed by atoms with van der Waals surface area (Å²) in [5.74, 6) is 1.99. The summed E-state index contributed by atoms with van der Waals surface area (Å²) < 4.78 is 3.90. The van der Waals surface area contributed by atoms with Crippen molar-refractivity contribution in [3.8, 4) is 0 Å². The third-order valence-electron chi connectivity index (χ3n) is 6.51. The van der Waals surface area contributed by atoms with Crippen LogP contribution in [-0.2, 0) is 19.4 Å². The van der Waals surface area contributed by atoms with E-state index in [-0.39, 0.29) is 11.0 Å². The maximum absolute atomic E-state index is 13.8. The Morgan fingerprint density at radius 2 is 2.03 bits per heavy atom. The Bertz CT molecular complexity index is 1360. The minimum atomic E-state index is 0.0516. The van der Waals surface area contributed by atoms with Crippen molar-refractivity contribution in [2.45, 2.75) is 51.7 Å². The Labute approximate surface area is 196 Å². The Morgan fingerprint density at radius 3 is 2.75 bits per heavy atom. The molecule has 0 radical (unpaired) electrons. The Kier molecular flexibility index (Phi) is 5.50. The maximum atomic E-state index is 13.8. The molecule has 0 fully saturated rings. The van der Waals surface area contributed by atoms with Crippen LogP contribution in [0.25, 0.3) is 16.0 Å². The van der Waals surface area contributed by atoms with Crippen molar-refractivity contribution in [2.24, 2.45) is 11.3 Å². The van der Waals surface area contributed by atoms with Crippen molar-refractivity contribution in [1.82, 2.24) is 19.2 Å². The van der Waals surface area contributed by atoms with Gasteiger partial charge in [0.1, 0.15) is 4.83 Å². The lowest BCUT2D eigenvalue weighted by Crippen LogP contribution is -2.27. The Balaban J connectivity index is 1.75. The van der Waals surface area contributed by atoms with Gasteiger partial charge in [-0.2, -0.15) is 0 Å². The minimum Gasteiger partial charge on any atom is -0.272 e. The van der Waals surface area contributed by atoms with Gasteiger partial charge in [-0.25, -0.2) is 4.40 Å². The zero-order valence-corrected chi connectivity index (χ0v) is 20.4. The molecule has 4 aromatic rings. The first kappa shape index (κ1) is 21.5. The van der Waals surface area contributed by atoms with Crippen LogP contribution < -0.4 is 5.56 Å². The minimum absolute atomic E-state index is 0.0516. The van der Waals surface area contributed by atoms with Crippen LogP contribution in [0.4, 0.5) is 0 Å². The quantitative estimate of drug-likeness (QED) is 0.286. The van der Waals surface area contributed by atoms with Gasteiger partial charge in [-0.3, -0.25) is 9.36 Å². The smallest absolute Gasteiger partial charge is 0.264 e. The number of aryl methyl sites for hydroxylation is 1. The first-order valence-electron chi connectivity index (χ1n) is 11.1. The van der Waals surface area contributed by atoms with Crippen molar-refractivity contribution in [3.63, 3.8) is 0 Å². The molecule has 7 heteroatoms.